The number of benzene rings is 1. The maximum absolute atomic E-state index is 11.3. The van der Waals surface area contributed by atoms with Crippen molar-refractivity contribution in [2.75, 3.05) is 0 Å². The molecule has 1 atom stereocenters. The second-order valence-corrected chi connectivity index (χ2v) is 4.04. The normalized spacial score (nSPS) is 12.0. The van der Waals surface area contributed by atoms with Crippen LogP contribution in [-0.2, 0) is 11.2 Å². The van der Waals surface area contributed by atoms with Crippen LogP contribution < -0.4 is 0 Å². The summed E-state index contributed by atoms with van der Waals surface area (Å²) in [4.78, 5) is 15.2. The van der Waals surface area contributed by atoms with Crippen LogP contribution in [0.25, 0.3) is 0 Å². The van der Waals surface area contributed by atoms with Crippen LogP contribution in [0, 0.1) is 0 Å². The lowest BCUT2D eigenvalue weighted by Gasteiger charge is -2.12. The Hall–Kier alpha value is -2.36. The zero-order valence-corrected chi connectivity index (χ0v) is 9.65. The molecule has 0 aliphatic carbocycles. The Bertz CT molecular complexity index is 522. The number of hydrogen-bond acceptors (Lipinski definition) is 3. The number of rotatable bonds is 4. The van der Waals surface area contributed by atoms with E-state index in [4.69, 9.17) is 0 Å². The molecule has 4 heteroatoms. The first-order valence-corrected chi connectivity index (χ1v) is 5.57. The first-order valence-electron chi connectivity index (χ1n) is 5.57. The molecule has 1 aromatic carbocycles. The number of phenolic OH excluding ortho intramolecular Hbond substituents is 1. The van der Waals surface area contributed by atoms with Crippen molar-refractivity contribution in [3.8, 4) is 5.75 Å². The van der Waals surface area contributed by atoms with Gasteiger partial charge in [-0.05, 0) is 41.8 Å². The quantitative estimate of drug-likeness (QED) is 0.863. The van der Waals surface area contributed by atoms with Gasteiger partial charge >= 0.3 is 5.97 Å². The third-order valence-corrected chi connectivity index (χ3v) is 2.78. The lowest BCUT2D eigenvalue weighted by atomic mass is 9.92. The third-order valence-electron chi connectivity index (χ3n) is 2.78. The van der Waals surface area contributed by atoms with Crippen LogP contribution in [0.1, 0.15) is 17.0 Å². The summed E-state index contributed by atoms with van der Waals surface area (Å²) in [6.45, 7) is 0. The molecule has 0 aliphatic rings. The number of aliphatic carboxylic acids is 1. The zero-order chi connectivity index (χ0) is 13.0. The smallest absolute Gasteiger partial charge is 0.311 e. The van der Waals surface area contributed by atoms with Gasteiger partial charge in [0.05, 0.1) is 5.92 Å². The van der Waals surface area contributed by atoms with Crippen molar-refractivity contribution in [1.29, 1.82) is 0 Å². The Morgan fingerprint density at radius 3 is 2.28 bits per heavy atom. The van der Waals surface area contributed by atoms with Gasteiger partial charge < -0.3 is 10.2 Å². The van der Waals surface area contributed by atoms with E-state index in [1.54, 1.807) is 36.7 Å². The second kappa shape index (κ2) is 5.31. The van der Waals surface area contributed by atoms with Crippen molar-refractivity contribution in [3.05, 3.63) is 59.9 Å². The monoisotopic (exact) mass is 243 g/mol. The summed E-state index contributed by atoms with van der Waals surface area (Å²) in [5, 5.41) is 18.5. The van der Waals surface area contributed by atoms with Gasteiger partial charge in [-0.25, -0.2) is 0 Å². The zero-order valence-electron chi connectivity index (χ0n) is 9.65. The minimum absolute atomic E-state index is 0.131. The third kappa shape index (κ3) is 2.85. The van der Waals surface area contributed by atoms with Crippen LogP contribution in [0.5, 0.6) is 5.75 Å². The highest BCUT2D eigenvalue weighted by molar-refractivity contribution is 5.76. The van der Waals surface area contributed by atoms with Gasteiger partial charge in [0.15, 0.2) is 0 Å². The average molecular weight is 243 g/mol. The highest BCUT2D eigenvalue weighted by atomic mass is 16.4. The minimum atomic E-state index is -0.877. The van der Waals surface area contributed by atoms with Crippen LogP contribution in [0.3, 0.4) is 0 Å². The highest BCUT2D eigenvalue weighted by Crippen LogP contribution is 2.23. The molecule has 0 amide bonds. The van der Waals surface area contributed by atoms with Crippen LogP contribution >= 0.6 is 0 Å². The Labute approximate surface area is 105 Å². The number of nitrogens with zero attached hydrogens (tertiary/aromatic N) is 1. The summed E-state index contributed by atoms with van der Waals surface area (Å²) in [5.74, 6) is -1.36. The van der Waals surface area contributed by atoms with E-state index in [0.717, 1.165) is 5.56 Å². The maximum Gasteiger partial charge on any atom is 0.311 e. The van der Waals surface area contributed by atoms with Crippen molar-refractivity contribution in [2.24, 2.45) is 0 Å². The first kappa shape index (κ1) is 12.1. The Morgan fingerprint density at radius 2 is 1.72 bits per heavy atom. The molecule has 0 radical (unpaired) electrons. The van der Waals surface area contributed by atoms with E-state index < -0.39 is 11.9 Å². The number of aromatic nitrogens is 1. The summed E-state index contributed by atoms with van der Waals surface area (Å²) in [7, 11) is 0. The van der Waals surface area contributed by atoms with Gasteiger partial charge in [-0.3, -0.25) is 9.78 Å². The molecule has 0 saturated heterocycles. The minimum Gasteiger partial charge on any atom is -0.508 e. The van der Waals surface area contributed by atoms with Gasteiger partial charge in [0, 0.05) is 12.4 Å². The lowest BCUT2D eigenvalue weighted by Crippen LogP contribution is -2.14. The molecule has 1 aromatic heterocycles. The van der Waals surface area contributed by atoms with Crippen molar-refractivity contribution in [1.82, 2.24) is 4.98 Å². The Balaban J connectivity index is 2.24. The topological polar surface area (TPSA) is 70.4 Å². The molecule has 92 valence electrons. The van der Waals surface area contributed by atoms with Crippen molar-refractivity contribution in [3.63, 3.8) is 0 Å². The summed E-state index contributed by atoms with van der Waals surface area (Å²) >= 11 is 0. The van der Waals surface area contributed by atoms with Gasteiger partial charge in [-0.1, -0.05) is 12.1 Å². The fraction of sp³-hybridized carbons (Fsp3) is 0.143. The average Bonchev–Trinajstić information content (AvgIpc) is 2.38. The molecule has 4 nitrogen and oxygen atoms in total. The van der Waals surface area contributed by atoms with E-state index in [0.29, 0.717) is 12.0 Å². The van der Waals surface area contributed by atoms with Gasteiger partial charge in [-0.15, -0.1) is 0 Å². The van der Waals surface area contributed by atoms with Crippen molar-refractivity contribution in [2.45, 2.75) is 12.3 Å². The largest absolute Gasteiger partial charge is 0.508 e. The van der Waals surface area contributed by atoms with Gasteiger partial charge in [-0.2, -0.15) is 0 Å². The Kier molecular flexibility index (Phi) is 3.57. The predicted molar refractivity (Wildman–Crippen MR) is 66.4 cm³/mol. The molecule has 1 heterocycles. The number of carbonyl (C=O) groups is 1. The molecule has 18 heavy (non-hydrogen) atoms. The highest BCUT2D eigenvalue weighted by Gasteiger charge is 2.20. The molecule has 2 aromatic rings. The lowest BCUT2D eigenvalue weighted by molar-refractivity contribution is -0.138. The SMILES string of the molecule is O=C(O)C(Cc1ccncc1)c1ccc(O)cc1. The number of aromatic hydroxyl groups is 1. The number of carboxylic acids is 1. The number of pyridine rings is 1. The molecule has 1 unspecified atom stereocenters. The van der Waals surface area contributed by atoms with Gasteiger partial charge in [0.2, 0.25) is 0 Å². The van der Waals surface area contributed by atoms with E-state index in [-0.39, 0.29) is 5.75 Å². The summed E-state index contributed by atoms with van der Waals surface area (Å²) in [5.41, 5.74) is 1.60. The van der Waals surface area contributed by atoms with Crippen LogP contribution in [0.2, 0.25) is 0 Å². The van der Waals surface area contributed by atoms with Crippen molar-refractivity contribution < 1.29 is 15.0 Å². The molecule has 0 fully saturated rings. The predicted octanol–water partition coefficient (Wildman–Crippen LogP) is 2.20. The first-order chi connectivity index (χ1) is 8.66. The van der Waals surface area contributed by atoms with Gasteiger partial charge in [0.25, 0.3) is 0 Å². The summed E-state index contributed by atoms with van der Waals surface area (Å²) in [6.07, 6.45) is 3.69. The number of phenols is 1. The standard InChI is InChI=1S/C14H13NO3/c16-12-3-1-11(2-4-12)13(14(17)18)9-10-5-7-15-8-6-10/h1-8,13,16H,9H2,(H,17,18). The molecular weight excluding hydrogens is 230 g/mol. The molecule has 0 aliphatic heterocycles. The molecule has 2 rings (SSSR count). The molecule has 0 bridgehead atoms. The van der Waals surface area contributed by atoms with Crippen LogP contribution in [0.15, 0.2) is 48.8 Å². The van der Waals surface area contributed by atoms with E-state index in [1.165, 1.54) is 12.1 Å². The Morgan fingerprint density at radius 1 is 1.11 bits per heavy atom. The fourth-order valence-corrected chi connectivity index (χ4v) is 1.81. The van der Waals surface area contributed by atoms with E-state index in [9.17, 15) is 15.0 Å². The molecule has 0 saturated carbocycles. The summed E-state index contributed by atoms with van der Waals surface area (Å²) < 4.78 is 0. The number of hydrogen-bond donors (Lipinski definition) is 2. The van der Waals surface area contributed by atoms with Crippen LogP contribution in [-0.4, -0.2) is 21.2 Å². The van der Waals surface area contributed by atoms with Crippen LogP contribution in [0.4, 0.5) is 0 Å². The fourth-order valence-electron chi connectivity index (χ4n) is 1.81. The molecule has 2 N–H and O–H groups in total. The molecule has 0 spiro atoms. The maximum atomic E-state index is 11.3. The molecular formula is C14H13NO3. The second-order valence-electron chi connectivity index (χ2n) is 4.04. The summed E-state index contributed by atoms with van der Waals surface area (Å²) in [6, 6.07) is 9.87. The van der Waals surface area contributed by atoms with Crippen molar-refractivity contribution >= 4 is 5.97 Å². The van der Waals surface area contributed by atoms with E-state index >= 15 is 0 Å². The van der Waals surface area contributed by atoms with E-state index in [2.05, 4.69) is 4.98 Å². The van der Waals surface area contributed by atoms with Gasteiger partial charge in [0.1, 0.15) is 5.75 Å². The van der Waals surface area contributed by atoms with E-state index in [1.807, 2.05) is 0 Å². The number of carboxylic acid groups (broad SMARTS) is 1.